The smallest absolute Gasteiger partial charge is 0.230 e. The quantitative estimate of drug-likeness (QED) is 0.778. The van der Waals surface area contributed by atoms with Gasteiger partial charge in [-0.3, -0.25) is 4.79 Å². The lowest BCUT2D eigenvalue weighted by atomic mass is 10.1. The van der Waals surface area contributed by atoms with Gasteiger partial charge in [-0.15, -0.1) is 0 Å². The van der Waals surface area contributed by atoms with Crippen molar-refractivity contribution >= 4 is 22.6 Å². The zero-order valence-corrected chi connectivity index (χ0v) is 13.8. The van der Waals surface area contributed by atoms with Crippen molar-refractivity contribution in [3.8, 4) is 11.5 Å². The minimum Gasteiger partial charge on any atom is -0.493 e. The standard InChI is InChI=1S/C18H18N2O4/c1-11-4-6-15-13(8-11)14(20-24-15)10-18(21)19-12-5-7-16(22-2)17(9-12)23-3/h4-9H,10H2,1-3H3,(H,19,21). The normalized spacial score (nSPS) is 10.6. The number of hydrogen-bond acceptors (Lipinski definition) is 5. The Kier molecular flexibility index (Phi) is 4.37. The molecule has 0 aliphatic rings. The van der Waals surface area contributed by atoms with Crippen LogP contribution in [-0.4, -0.2) is 25.3 Å². The zero-order valence-electron chi connectivity index (χ0n) is 13.8. The van der Waals surface area contributed by atoms with Crippen LogP contribution in [0, 0.1) is 6.92 Å². The summed E-state index contributed by atoms with van der Waals surface area (Å²) in [5.74, 6) is 0.977. The number of carbonyl (C=O) groups excluding carboxylic acids is 1. The molecule has 0 bridgehead atoms. The Balaban J connectivity index is 1.76. The summed E-state index contributed by atoms with van der Waals surface area (Å²) in [6.45, 7) is 1.99. The summed E-state index contributed by atoms with van der Waals surface area (Å²) in [7, 11) is 3.11. The van der Waals surface area contributed by atoms with E-state index in [9.17, 15) is 4.79 Å². The van der Waals surface area contributed by atoms with E-state index in [-0.39, 0.29) is 12.3 Å². The fraction of sp³-hybridized carbons (Fsp3) is 0.222. The molecule has 0 saturated carbocycles. The van der Waals surface area contributed by atoms with E-state index in [1.165, 1.54) is 0 Å². The predicted molar refractivity (Wildman–Crippen MR) is 90.6 cm³/mol. The van der Waals surface area contributed by atoms with Crippen LogP contribution in [0.5, 0.6) is 11.5 Å². The molecule has 0 saturated heterocycles. The molecule has 1 N–H and O–H groups in total. The van der Waals surface area contributed by atoms with E-state index >= 15 is 0 Å². The summed E-state index contributed by atoms with van der Waals surface area (Å²) in [4.78, 5) is 12.3. The molecule has 0 fully saturated rings. The van der Waals surface area contributed by atoms with Gasteiger partial charge in [0.1, 0.15) is 5.69 Å². The van der Waals surface area contributed by atoms with Gasteiger partial charge in [0.05, 0.1) is 20.6 Å². The van der Waals surface area contributed by atoms with Gasteiger partial charge in [0.2, 0.25) is 5.91 Å². The van der Waals surface area contributed by atoms with Gasteiger partial charge >= 0.3 is 0 Å². The van der Waals surface area contributed by atoms with Crippen molar-refractivity contribution in [1.29, 1.82) is 0 Å². The van der Waals surface area contributed by atoms with Gasteiger partial charge < -0.3 is 19.3 Å². The maximum atomic E-state index is 12.3. The van der Waals surface area contributed by atoms with Gasteiger partial charge in [-0.05, 0) is 31.2 Å². The SMILES string of the molecule is COc1ccc(NC(=O)Cc2noc3ccc(C)cc23)cc1OC. The fourth-order valence-corrected chi connectivity index (χ4v) is 2.50. The van der Waals surface area contributed by atoms with Crippen LogP contribution in [-0.2, 0) is 11.2 Å². The molecule has 24 heavy (non-hydrogen) atoms. The topological polar surface area (TPSA) is 73.6 Å². The Morgan fingerprint density at radius 3 is 2.67 bits per heavy atom. The second kappa shape index (κ2) is 6.62. The molecule has 1 amide bonds. The molecule has 0 atom stereocenters. The molecule has 124 valence electrons. The zero-order chi connectivity index (χ0) is 17.1. The lowest BCUT2D eigenvalue weighted by Crippen LogP contribution is -2.14. The molecule has 0 unspecified atom stereocenters. The van der Waals surface area contributed by atoms with Crippen LogP contribution in [0.4, 0.5) is 5.69 Å². The van der Waals surface area contributed by atoms with Crippen molar-refractivity contribution in [2.75, 3.05) is 19.5 Å². The van der Waals surface area contributed by atoms with Crippen molar-refractivity contribution in [1.82, 2.24) is 5.16 Å². The summed E-state index contributed by atoms with van der Waals surface area (Å²) >= 11 is 0. The first-order chi connectivity index (χ1) is 11.6. The summed E-state index contributed by atoms with van der Waals surface area (Å²) in [6, 6.07) is 11.0. The number of aromatic nitrogens is 1. The van der Waals surface area contributed by atoms with E-state index in [0.717, 1.165) is 10.9 Å². The molecule has 1 heterocycles. The summed E-state index contributed by atoms with van der Waals surface area (Å²) in [5, 5.41) is 7.69. The van der Waals surface area contributed by atoms with E-state index < -0.39 is 0 Å². The highest BCUT2D eigenvalue weighted by Gasteiger charge is 2.13. The Bertz CT molecular complexity index is 886. The van der Waals surface area contributed by atoms with Gasteiger partial charge in [0.15, 0.2) is 17.1 Å². The van der Waals surface area contributed by atoms with Crippen molar-refractivity contribution in [2.45, 2.75) is 13.3 Å². The number of nitrogens with one attached hydrogen (secondary N) is 1. The molecule has 3 rings (SSSR count). The number of hydrogen-bond donors (Lipinski definition) is 1. The van der Waals surface area contributed by atoms with E-state index in [0.29, 0.717) is 28.5 Å². The number of nitrogens with zero attached hydrogens (tertiary/aromatic N) is 1. The average Bonchev–Trinajstić information content (AvgIpc) is 2.96. The number of aryl methyl sites for hydroxylation is 1. The van der Waals surface area contributed by atoms with Gasteiger partial charge in [-0.2, -0.15) is 0 Å². The van der Waals surface area contributed by atoms with E-state index in [2.05, 4.69) is 10.5 Å². The molecule has 6 heteroatoms. The third-order valence-electron chi connectivity index (χ3n) is 3.70. The maximum Gasteiger partial charge on any atom is 0.230 e. The van der Waals surface area contributed by atoms with Crippen molar-refractivity contribution in [2.24, 2.45) is 0 Å². The highest BCUT2D eigenvalue weighted by molar-refractivity contribution is 5.95. The van der Waals surface area contributed by atoms with Crippen molar-refractivity contribution < 1.29 is 18.8 Å². The number of ether oxygens (including phenoxy) is 2. The molecule has 0 aliphatic heterocycles. The van der Waals surface area contributed by atoms with Crippen LogP contribution in [0.15, 0.2) is 40.9 Å². The number of benzene rings is 2. The summed E-state index contributed by atoms with van der Waals surface area (Å²) in [5.41, 5.74) is 3.01. The number of carbonyl (C=O) groups is 1. The molecule has 3 aromatic rings. The summed E-state index contributed by atoms with van der Waals surface area (Å²) < 4.78 is 15.7. The number of fused-ring (bicyclic) bond motifs is 1. The van der Waals surface area contributed by atoms with Crippen LogP contribution in [0.25, 0.3) is 11.0 Å². The molecule has 0 spiro atoms. The first-order valence-corrected chi connectivity index (χ1v) is 7.47. The third-order valence-corrected chi connectivity index (χ3v) is 3.70. The second-order valence-corrected chi connectivity index (χ2v) is 5.42. The highest BCUT2D eigenvalue weighted by Crippen LogP contribution is 2.30. The van der Waals surface area contributed by atoms with Gasteiger partial charge in [-0.25, -0.2) is 0 Å². The number of anilines is 1. The lowest BCUT2D eigenvalue weighted by Gasteiger charge is -2.10. The molecule has 0 radical (unpaired) electrons. The minimum absolute atomic E-state index is 0.130. The monoisotopic (exact) mass is 326 g/mol. The Morgan fingerprint density at radius 1 is 1.12 bits per heavy atom. The van der Waals surface area contributed by atoms with Crippen LogP contribution in [0.3, 0.4) is 0 Å². The van der Waals surface area contributed by atoms with Crippen LogP contribution < -0.4 is 14.8 Å². The predicted octanol–water partition coefficient (Wildman–Crippen LogP) is 3.33. The molecule has 0 aliphatic carbocycles. The van der Waals surface area contributed by atoms with Gasteiger partial charge in [0.25, 0.3) is 0 Å². The lowest BCUT2D eigenvalue weighted by molar-refractivity contribution is -0.115. The maximum absolute atomic E-state index is 12.3. The average molecular weight is 326 g/mol. The molecule has 6 nitrogen and oxygen atoms in total. The Hall–Kier alpha value is -3.02. The van der Waals surface area contributed by atoms with Crippen molar-refractivity contribution in [3.63, 3.8) is 0 Å². The molecule has 1 aromatic heterocycles. The third kappa shape index (κ3) is 3.17. The van der Waals surface area contributed by atoms with E-state index in [1.807, 2.05) is 25.1 Å². The van der Waals surface area contributed by atoms with E-state index in [1.54, 1.807) is 32.4 Å². The summed E-state index contributed by atoms with van der Waals surface area (Å²) in [6.07, 6.45) is 0.130. The number of rotatable bonds is 5. The number of amides is 1. The van der Waals surface area contributed by atoms with Crippen molar-refractivity contribution in [3.05, 3.63) is 47.7 Å². The minimum atomic E-state index is -0.182. The molecular formula is C18H18N2O4. The molecular weight excluding hydrogens is 308 g/mol. The van der Waals surface area contributed by atoms with Crippen LogP contribution >= 0.6 is 0 Å². The first-order valence-electron chi connectivity index (χ1n) is 7.47. The second-order valence-electron chi connectivity index (χ2n) is 5.42. The number of methoxy groups -OCH3 is 2. The van der Waals surface area contributed by atoms with Crippen LogP contribution in [0.2, 0.25) is 0 Å². The van der Waals surface area contributed by atoms with Gasteiger partial charge in [-0.1, -0.05) is 16.8 Å². The first kappa shape index (κ1) is 15.9. The van der Waals surface area contributed by atoms with E-state index in [4.69, 9.17) is 14.0 Å². The fourth-order valence-electron chi connectivity index (χ4n) is 2.50. The Morgan fingerprint density at radius 2 is 1.92 bits per heavy atom. The Labute approximate surface area is 139 Å². The van der Waals surface area contributed by atoms with Crippen LogP contribution in [0.1, 0.15) is 11.3 Å². The largest absolute Gasteiger partial charge is 0.493 e. The highest BCUT2D eigenvalue weighted by atomic mass is 16.5. The van der Waals surface area contributed by atoms with Gasteiger partial charge in [0, 0.05) is 17.1 Å². The molecule has 2 aromatic carbocycles.